The summed E-state index contributed by atoms with van der Waals surface area (Å²) in [7, 11) is 0. The number of furan rings is 1. The standard InChI is InChI=1S/C20H21NO6/c22-16(13-7-4-10-26-13)17(23)20-9-8-12(27-20)14-15(20)19(25)21(18(14)24)11-5-2-1-3-6-11/h4,7-12,14-15,17,23H,1-3,5-6H2. The molecule has 1 aromatic heterocycles. The van der Waals surface area contributed by atoms with E-state index in [0.29, 0.717) is 0 Å². The maximum absolute atomic E-state index is 13.3. The molecule has 2 bridgehead atoms. The van der Waals surface area contributed by atoms with Crippen LogP contribution in [0.3, 0.4) is 0 Å². The van der Waals surface area contributed by atoms with Crippen LogP contribution < -0.4 is 0 Å². The van der Waals surface area contributed by atoms with Crippen LogP contribution in [0.1, 0.15) is 42.7 Å². The van der Waals surface area contributed by atoms with Gasteiger partial charge in [0.15, 0.2) is 11.9 Å². The SMILES string of the molecule is O=C(c1ccco1)C(O)C12C=CC(O1)C1C(=O)N(C3CCCCC3)C(=O)C12. The molecule has 0 aromatic carbocycles. The van der Waals surface area contributed by atoms with E-state index < -0.39 is 35.4 Å². The second-order valence-corrected chi connectivity index (χ2v) is 7.88. The quantitative estimate of drug-likeness (QED) is 0.489. The van der Waals surface area contributed by atoms with Crippen molar-refractivity contribution in [3.05, 3.63) is 36.3 Å². The molecule has 1 aliphatic carbocycles. The Bertz CT molecular complexity index is 824. The first kappa shape index (κ1) is 16.9. The Kier molecular flexibility index (Phi) is 3.67. The summed E-state index contributed by atoms with van der Waals surface area (Å²) < 4.78 is 11.0. The molecule has 2 amide bonds. The summed E-state index contributed by atoms with van der Waals surface area (Å²) in [6.45, 7) is 0. The number of hydrogen-bond acceptors (Lipinski definition) is 6. The summed E-state index contributed by atoms with van der Waals surface area (Å²) in [6.07, 6.45) is 7.18. The van der Waals surface area contributed by atoms with Gasteiger partial charge >= 0.3 is 0 Å². The molecule has 0 radical (unpaired) electrons. The van der Waals surface area contributed by atoms with E-state index in [9.17, 15) is 19.5 Å². The maximum atomic E-state index is 13.3. The van der Waals surface area contributed by atoms with E-state index in [-0.39, 0.29) is 23.6 Å². The zero-order valence-electron chi connectivity index (χ0n) is 14.7. The first-order valence-corrected chi connectivity index (χ1v) is 9.54. The highest BCUT2D eigenvalue weighted by Gasteiger charge is 2.71. The molecule has 27 heavy (non-hydrogen) atoms. The Balaban J connectivity index is 1.49. The topological polar surface area (TPSA) is 97.1 Å². The van der Waals surface area contributed by atoms with Gasteiger partial charge in [-0.1, -0.05) is 31.4 Å². The zero-order valence-corrected chi connectivity index (χ0v) is 14.7. The van der Waals surface area contributed by atoms with Crippen LogP contribution in [0.25, 0.3) is 0 Å². The second-order valence-electron chi connectivity index (χ2n) is 7.88. The zero-order chi connectivity index (χ0) is 18.8. The highest BCUT2D eigenvalue weighted by atomic mass is 16.5. The van der Waals surface area contributed by atoms with Gasteiger partial charge in [0.05, 0.1) is 24.2 Å². The van der Waals surface area contributed by atoms with Gasteiger partial charge < -0.3 is 14.3 Å². The Labute approximate surface area is 156 Å². The van der Waals surface area contributed by atoms with Crippen LogP contribution in [0.15, 0.2) is 35.0 Å². The van der Waals surface area contributed by atoms with Crippen LogP contribution in [-0.2, 0) is 14.3 Å². The second kappa shape index (κ2) is 5.87. The third kappa shape index (κ3) is 2.18. The molecule has 1 N–H and O–H groups in total. The van der Waals surface area contributed by atoms with Crippen molar-refractivity contribution >= 4 is 17.6 Å². The minimum atomic E-state index is -1.61. The Morgan fingerprint density at radius 3 is 2.70 bits per heavy atom. The van der Waals surface area contributed by atoms with Crippen molar-refractivity contribution in [3.63, 3.8) is 0 Å². The molecular weight excluding hydrogens is 350 g/mol. The largest absolute Gasteiger partial charge is 0.461 e. The summed E-state index contributed by atoms with van der Waals surface area (Å²) in [5.41, 5.74) is -1.50. The smallest absolute Gasteiger partial charge is 0.236 e. The summed E-state index contributed by atoms with van der Waals surface area (Å²) >= 11 is 0. The molecule has 5 atom stereocenters. The predicted octanol–water partition coefficient (Wildman–Crippen LogP) is 1.46. The fourth-order valence-electron chi connectivity index (χ4n) is 5.23. The highest BCUT2D eigenvalue weighted by molar-refractivity contribution is 6.09. The van der Waals surface area contributed by atoms with Crippen LogP contribution in [0, 0.1) is 11.8 Å². The van der Waals surface area contributed by atoms with E-state index >= 15 is 0 Å². The lowest BCUT2D eigenvalue weighted by Gasteiger charge is -2.34. The molecule has 4 heterocycles. The van der Waals surface area contributed by atoms with Crippen molar-refractivity contribution in [2.45, 2.75) is 56.0 Å². The molecule has 5 unspecified atom stereocenters. The molecule has 5 rings (SSSR count). The predicted molar refractivity (Wildman–Crippen MR) is 91.5 cm³/mol. The van der Waals surface area contributed by atoms with Crippen molar-refractivity contribution in [3.8, 4) is 0 Å². The summed E-state index contributed by atoms with van der Waals surface area (Å²) in [4.78, 5) is 40.4. The van der Waals surface area contributed by atoms with Crippen molar-refractivity contribution in [1.29, 1.82) is 0 Å². The average Bonchev–Trinajstić information content (AvgIpc) is 3.45. The number of aliphatic hydroxyl groups excluding tert-OH is 1. The number of likely N-dealkylation sites (tertiary alicyclic amines) is 1. The van der Waals surface area contributed by atoms with Crippen molar-refractivity contribution < 1.29 is 28.6 Å². The van der Waals surface area contributed by atoms with Gasteiger partial charge in [0.25, 0.3) is 0 Å². The van der Waals surface area contributed by atoms with Gasteiger partial charge in [0, 0.05) is 6.04 Å². The number of aliphatic hydroxyl groups is 1. The molecule has 7 heteroatoms. The van der Waals surface area contributed by atoms with Gasteiger partial charge in [-0.15, -0.1) is 0 Å². The van der Waals surface area contributed by atoms with E-state index in [1.807, 2.05) is 0 Å². The Hall–Kier alpha value is -2.25. The van der Waals surface area contributed by atoms with Gasteiger partial charge in [0.2, 0.25) is 17.6 Å². The molecular formula is C20H21NO6. The van der Waals surface area contributed by atoms with E-state index in [4.69, 9.17) is 9.15 Å². The Morgan fingerprint density at radius 1 is 1.22 bits per heavy atom. The highest BCUT2D eigenvalue weighted by Crippen LogP contribution is 2.54. The molecule has 142 valence electrons. The minimum absolute atomic E-state index is 0.00156. The summed E-state index contributed by atoms with van der Waals surface area (Å²) in [5.74, 6) is -2.73. The molecule has 3 fully saturated rings. The van der Waals surface area contributed by atoms with Crippen LogP contribution in [0.4, 0.5) is 0 Å². The van der Waals surface area contributed by atoms with E-state index in [1.54, 1.807) is 18.2 Å². The van der Waals surface area contributed by atoms with Gasteiger partial charge in [-0.05, 0) is 25.0 Å². The lowest BCUT2D eigenvalue weighted by molar-refractivity contribution is -0.150. The van der Waals surface area contributed by atoms with Crippen LogP contribution >= 0.6 is 0 Å². The van der Waals surface area contributed by atoms with E-state index in [1.165, 1.54) is 17.2 Å². The number of nitrogens with zero attached hydrogens (tertiary/aromatic N) is 1. The fraction of sp³-hybridized carbons (Fsp3) is 0.550. The molecule has 7 nitrogen and oxygen atoms in total. The Morgan fingerprint density at radius 2 is 2.00 bits per heavy atom. The number of amides is 2. The normalized spacial score (nSPS) is 36.5. The number of Topliss-reactive ketones (excluding diaryl/α,β-unsaturated/α-hetero) is 1. The van der Waals surface area contributed by atoms with Gasteiger partial charge in [0.1, 0.15) is 5.60 Å². The van der Waals surface area contributed by atoms with Crippen LogP contribution in [0.2, 0.25) is 0 Å². The van der Waals surface area contributed by atoms with Gasteiger partial charge in [-0.3, -0.25) is 19.3 Å². The average molecular weight is 371 g/mol. The number of rotatable bonds is 4. The van der Waals surface area contributed by atoms with E-state index in [2.05, 4.69) is 0 Å². The first-order chi connectivity index (χ1) is 13.0. The number of imide groups is 1. The van der Waals surface area contributed by atoms with Gasteiger partial charge in [-0.2, -0.15) is 0 Å². The van der Waals surface area contributed by atoms with E-state index in [0.717, 1.165) is 32.1 Å². The fourth-order valence-corrected chi connectivity index (χ4v) is 5.23. The first-order valence-electron chi connectivity index (χ1n) is 9.54. The number of carbonyl (C=O) groups excluding carboxylic acids is 3. The van der Waals surface area contributed by atoms with Crippen LogP contribution in [-0.4, -0.2) is 51.5 Å². The summed E-state index contributed by atoms with van der Waals surface area (Å²) in [6, 6.07) is 2.93. The number of ketones is 1. The van der Waals surface area contributed by atoms with Crippen molar-refractivity contribution in [1.82, 2.24) is 4.90 Å². The number of carbonyl (C=O) groups is 3. The number of ether oxygens (including phenoxy) is 1. The third-order valence-corrected chi connectivity index (χ3v) is 6.49. The molecule has 1 saturated carbocycles. The number of fused-ring (bicyclic) bond motifs is 5. The molecule has 3 aliphatic heterocycles. The minimum Gasteiger partial charge on any atom is -0.461 e. The maximum Gasteiger partial charge on any atom is 0.236 e. The van der Waals surface area contributed by atoms with Crippen molar-refractivity contribution in [2.24, 2.45) is 11.8 Å². The lowest BCUT2D eigenvalue weighted by Crippen LogP contribution is -2.53. The molecule has 1 aromatic rings. The van der Waals surface area contributed by atoms with Gasteiger partial charge in [-0.25, -0.2) is 0 Å². The van der Waals surface area contributed by atoms with Crippen LogP contribution in [0.5, 0.6) is 0 Å². The lowest BCUT2D eigenvalue weighted by atomic mass is 9.73. The molecule has 0 spiro atoms. The molecule has 4 aliphatic rings. The summed E-state index contributed by atoms with van der Waals surface area (Å²) in [5, 5.41) is 10.8. The molecule has 2 saturated heterocycles. The van der Waals surface area contributed by atoms with Crippen molar-refractivity contribution in [2.75, 3.05) is 0 Å². The third-order valence-electron chi connectivity index (χ3n) is 6.49. The number of hydrogen-bond donors (Lipinski definition) is 1. The monoisotopic (exact) mass is 371 g/mol.